The van der Waals surface area contributed by atoms with Gasteiger partial charge in [0.15, 0.2) is 9.84 Å². The van der Waals surface area contributed by atoms with E-state index in [1.165, 1.54) is 0 Å². The number of imidazole rings is 1. The zero-order chi connectivity index (χ0) is 17.3. The molecule has 1 saturated heterocycles. The maximum Gasteiger partial charge on any atom is 0.237 e. The Hall–Kier alpha value is -1.89. The van der Waals surface area contributed by atoms with Gasteiger partial charge in [0.2, 0.25) is 5.91 Å². The van der Waals surface area contributed by atoms with Gasteiger partial charge >= 0.3 is 0 Å². The summed E-state index contributed by atoms with van der Waals surface area (Å²) in [5.74, 6) is -0.496. The van der Waals surface area contributed by atoms with Gasteiger partial charge < -0.3 is 9.30 Å². The van der Waals surface area contributed by atoms with Crippen LogP contribution < -0.4 is 0 Å². The van der Waals surface area contributed by atoms with Gasteiger partial charge in [-0.1, -0.05) is 13.0 Å². The second-order valence-electron chi connectivity index (χ2n) is 6.77. The standard InChI is InChI=1S/C17H23N3O3S/c1-13-5-3-7-19(9-13)16(21)12-24(22,23)11-15-10-20-8-4-6-14(2)17(20)18-15/h4,6,8,10,13H,3,5,7,9,11-12H2,1-2H3. The van der Waals surface area contributed by atoms with Crippen LogP contribution in [0.3, 0.4) is 0 Å². The number of pyridine rings is 1. The molecule has 3 heterocycles. The highest BCUT2D eigenvalue weighted by Gasteiger charge is 2.26. The molecule has 0 saturated carbocycles. The lowest BCUT2D eigenvalue weighted by Gasteiger charge is -2.30. The number of aryl methyl sites for hydroxylation is 1. The van der Waals surface area contributed by atoms with Crippen molar-refractivity contribution in [2.45, 2.75) is 32.4 Å². The summed E-state index contributed by atoms with van der Waals surface area (Å²) < 4.78 is 26.6. The van der Waals surface area contributed by atoms with E-state index in [-0.39, 0.29) is 11.7 Å². The summed E-state index contributed by atoms with van der Waals surface area (Å²) in [6.45, 7) is 5.34. The van der Waals surface area contributed by atoms with Gasteiger partial charge in [0.1, 0.15) is 11.4 Å². The molecule has 0 aromatic carbocycles. The highest BCUT2D eigenvalue weighted by Crippen LogP contribution is 2.17. The summed E-state index contributed by atoms with van der Waals surface area (Å²) >= 11 is 0. The van der Waals surface area contributed by atoms with E-state index in [0.29, 0.717) is 24.7 Å². The molecule has 2 aromatic heterocycles. The molecule has 6 nitrogen and oxygen atoms in total. The predicted octanol–water partition coefficient (Wildman–Crippen LogP) is 1.82. The second-order valence-corrected chi connectivity index (χ2v) is 8.84. The molecule has 1 unspecified atom stereocenters. The first-order valence-electron chi connectivity index (χ1n) is 8.25. The minimum Gasteiger partial charge on any atom is -0.342 e. The van der Waals surface area contributed by atoms with Crippen molar-refractivity contribution < 1.29 is 13.2 Å². The first-order valence-corrected chi connectivity index (χ1v) is 10.1. The average Bonchev–Trinajstić information content (AvgIpc) is 2.89. The van der Waals surface area contributed by atoms with Crippen LogP contribution in [0.4, 0.5) is 0 Å². The Kier molecular flexibility index (Phi) is 4.62. The molecule has 24 heavy (non-hydrogen) atoms. The minimum absolute atomic E-state index is 0.205. The van der Waals surface area contributed by atoms with E-state index in [1.807, 2.05) is 29.7 Å². The number of nitrogens with zero attached hydrogens (tertiary/aromatic N) is 3. The lowest BCUT2D eigenvalue weighted by molar-refractivity contribution is -0.130. The monoisotopic (exact) mass is 349 g/mol. The van der Waals surface area contributed by atoms with Crippen LogP contribution in [0.2, 0.25) is 0 Å². The Morgan fingerprint density at radius 1 is 1.42 bits per heavy atom. The van der Waals surface area contributed by atoms with Gasteiger partial charge in [-0.3, -0.25) is 4.79 Å². The number of sulfone groups is 1. The van der Waals surface area contributed by atoms with E-state index in [9.17, 15) is 13.2 Å². The van der Waals surface area contributed by atoms with Crippen LogP contribution in [-0.4, -0.2) is 47.5 Å². The summed E-state index contributed by atoms with van der Waals surface area (Å²) in [6.07, 6.45) is 5.59. The van der Waals surface area contributed by atoms with Crippen molar-refractivity contribution in [3.05, 3.63) is 35.8 Å². The van der Waals surface area contributed by atoms with E-state index in [0.717, 1.165) is 24.1 Å². The molecule has 1 amide bonds. The number of piperidine rings is 1. The molecule has 0 aliphatic carbocycles. The van der Waals surface area contributed by atoms with Gasteiger partial charge in [-0.2, -0.15) is 0 Å². The Morgan fingerprint density at radius 2 is 2.21 bits per heavy atom. The van der Waals surface area contributed by atoms with Crippen molar-refractivity contribution >= 4 is 21.4 Å². The lowest BCUT2D eigenvalue weighted by atomic mass is 10.0. The normalized spacial score (nSPS) is 18.9. The molecule has 0 spiro atoms. The molecule has 7 heteroatoms. The van der Waals surface area contributed by atoms with E-state index >= 15 is 0 Å². The molecule has 2 aromatic rings. The largest absolute Gasteiger partial charge is 0.342 e. The third-order valence-electron chi connectivity index (χ3n) is 4.45. The fourth-order valence-corrected chi connectivity index (χ4v) is 4.50. The Morgan fingerprint density at radius 3 is 2.92 bits per heavy atom. The summed E-state index contributed by atoms with van der Waals surface area (Å²) in [5, 5.41) is 0. The third kappa shape index (κ3) is 3.77. The van der Waals surface area contributed by atoms with Crippen LogP contribution in [0, 0.1) is 12.8 Å². The van der Waals surface area contributed by atoms with Crippen molar-refractivity contribution in [1.29, 1.82) is 0 Å². The zero-order valence-electron chi connectivity index (χ0n) is 14.1. The number of carbonyl (C=O) groups excluding carboxylic acids is 1. The molecule has 1 atom stereocenters. The number of fused-ring (bicyclic) bond motifs is 1. The Bertz CT molecular complexity index is 857. The summed E-state index contributed by atoms with van der Waals surface area (Å²) in [5.41, 5.74) is 2.21. The number of likely N-dealkylation sites (tertiary alicyclic amines) is 1. The van der Waals surface area contributed by atoms with Crippen LogP contribution in [0.15, 0.2) is 24.5 Å². The quantitative estimate of drug-likeness (QED) is 0.844. The third-order valence-corrected chi connectivity index (χ3v) is 5.87. The summed E-state index contributed by atoms with van der Waals surface area (Å²) in [7, 11) is -3.53. The van der Waals surface area contributed by atoms with Crippen molar-refractivity contribution in [3.8, 4) is 0 Å². The maximum atomic E-state index is 12.4. The van der Waals surface area contributed by atoms with Gasteiger partial charge in [0, 0.05) is 25.5 Å². The van der Waals surface area contributed by atoms with Crippen molar-refractivity contribution in [3.63, 3.8) is 0 Å². The molecule has 0 bridgehead atoms. The second kappa shape index (κ2) is 6.55. The molecule has 1 aliphatic rings. The van der Waals surface area contributed by atoms with Gasteiger partial charge in [-0.15, -0.1) is 0 Å². The molecule has 3 rings (SSSR count). The fourth-order valence-electron chi connectivity index (χ4n) is 3.25. The van der Waals surface area contributed by atoms with Gasteiger partial charge in [0.25, 0.3) is 0 Å². The number of hydrogen-bond acceptors (Lipinski definition) is 4. The average molecular weight is 349 g/mol. The van der Waals surface area contributed by atoms with Crippen LogP contribution in [0.25, 0.3) is 5.65 Å². The molecule has 0 radical (unpaired) electrons. The van der Waals surface area contributed by atoms with E-state index < -0.39 is 15.6 Å². The number of amides is 1. The fraction of sp³-hybridized carbons (Fsp3) is 0.529. The highest BCUT2D eigenvalue weighted by atomic mass is 32.2. The molecular formula is C17H23N3O3S. The predicted molar refractivity (Wildman–Crippen MR) is 92.4 cm³/mol. The molecular weight excluding hydrogens is 326 g/mol. The van der Waals surface area contributed by atoms with Crippen LogP contribution in [-0.2, 0) is 20.4 Å². The van der Waals surface area contributed by atoms with Crippen LogP contribution in [0.5, 0.6) is 0 Å². The van der Waals surface area contributed by atoms with Crippen molar-refractivity contribution in [2.75, 3.05) is 18.8 Å². The smallest absolute Gasteiger partial charge is 0.237 e. The Balaban J connectivity index is 1.70. The first kappa shape index (κ1) is 17.0. The summed E-state index contributed by atoms with van der Waals surface area (Å²) in [6, 6.07) is 3.82. The number of carbonyl (C=O) groups is 1. The van der Waals surface area contributed by atoms with Crippen molar-refractivity contribution in [2.24, 2.45) is 5.92 Å². The van der Waals surface area contributed by atoms with E-state index in [2.05, 4.69) is 11.9 Å². The van der Waals surface area contributed by atoms with E-state index in [1.54, 1.807) is 11.1 Å². The van der Waals surface area contributed by atoms with Gasteiger partial charge in [-0.05, 0) is 37.3 Å². The van der Waals surface area contributed by atoms with E-state index in [4.69, 9.17) is 0 Å². The first-order chi connectivity index (χ1) is 11.3. The summed E-state index contributed by atoms with van der Waals surface area (Å²) in [4.78, 5) is 18.4. The number of hydrogen-bond donors (Lipinski definition) is 0. The van der Waals surface area contributed by atoms with Gasteiger partial charge in [0.05, 0.1) is 11.4 Å². The Labute approximate surface area is 142 Å². The lowest BCUT2D eigenvalue weighted by Crippen LogP contribution is -2.42. The van der Waals surface area contributed by atoms with Crippen LogP contribution in [0.1, 0.15) is 31.0 Å². The SMILES string of the molecule is Cc1cccn2cc(CS(=O)(=O)CC(=O)N3CCCC(C)C3)nc12. The topological polar surface area (TPSA) is 71.8 Å². The zero-order valence-corrected chi connectivity index (χ0v) is 14.9. The van der Waals surface area contributed by atoms with Crippen LogP contribution >= 0.6 is 0 Å². The van der Waals surface area contributed by atoms with Gasteiger partial charge in [-0.25, -0.2) is 13.4 Å². The molecule has 0 N–H and O–H groups in total. The molecule has 1 fully saturated rings. The van der Waals surface area contributed by atoms with Crippen molar-refractivity contribution in [1.82, 2.24) is 14.3 Å². The minimum atomic E-state index is -3.53. The molecule has 130 valence electrons. The molecule has 1 aliphatic heterocycles. The highest BCUT2D eigenvalue weighted by molar-refractivity contribution is 7.91. The number of rotatable bonds is 4. The number of aromatic nitrogens is 2. The maximum absolute atomic E-state index is 12.4.